The first-order chi connectivity index (χ1) is 30.7. The van der Waals surface area contributed by atoms with Gasteiger partial charge in [-0.2, -0.15) is 0 Å². The highest BCUT2D eigenvalue weighted by atomic mass is 16.5. The highest BCUT2D eigenvalue weighted by Crippen LogP contribution is 2.64. The van der Waals surface area contributed by atoms with E-state index in [1.165, 1.54) is 0 Å². The summed E-state index contributed by atoms with van der Waals surface area (Å²) in [5, 5.41) is 0. The molecule has 8 aromatic carbocycles. The normalized spacial score (nSPS) is 12.8. The van der Waals surface area contributed by atoms with Crippen LogP contribution in [0.15, 0.2) is 212 Å². The van der Waals surface area contributed by atoms with Crippen molar-refractivity contribution in [2.75, 3.05) is 0 Å². The van der Waals surface area contributed by atoms with E-state index in [4.69, 9.17) is 29.7 Å². The molecule has 2 aliphatic rings. The predicted octanol–water partition coefficient (Wildman–Crippen LogP) is 13.1. The van der Waals surface area contributed by atoms with Gasteiger partial charge in [0, 0.05) is 44.5 Å². The van der Waals surface area contributed by atoms with Crippen LogP contribution in [0, 0.1) is 0 Å². The van der Waals surface area contributed by atoms with E-state index in [0.29, 0.717) is 23.3 Å². The minimum Gasteiger partial charge on any atom is -0.457 e. The highest BCUT2D eigenvalue weighted by Gasteiger charge is 2.52. The minimum absolute atomic E-state index is 0.590. The highest BCUT2D eigenvalue weighted by molar-refractivity contribution is 5.94. The number of hydrogen-bond acceptors (Lipinski definition) is 6. The molecule has 1 aliphatic heterocycles. The molecule has 2 aromatic heterocycles. The van der Waals surface area contributed by atoms with Crippen molar-refractivity contribution >= 4 is 0 Å². The van der Waals surface area contributed by atoms with E-state index < -0.39 is 5.41 Å². The summed E-state index contributed by atoms with van der Waals surface area (Å²) in [6.45, 7) is 0. The number of nitrogens with zero attached hydrogens (tertiary/aromatic N) is 5. The van der Waals surface area contributed by atoms with E-state index in [0.717, 1.165) is 89.6 Å². The molecule has 0 unspecified atom stereocenters. The first kappa shape index (κ1) is 35.6. The topological polar surface area (TPSA) is 73.7 Å². The van der Waals surface area contributed by atoms with Gasteiger partial charge in [-0.1, -0.05) is 188 Å². The summed E-state index contributed by atoms with van der Waals surface area (Å²) in [5.74, 6) is 4.06. The van der Waals surface area contributed by atoms with Crippen molar-refractivity contribution < 1.29 is 4.74 Å². The molecule has 290 valence electrons. The third-order valence-electron chi connectivity index (χ3n) is 12.0. The second kappa shape index (κ2) is 14.4. The summed E-state index contributed by atoms with van der Waals surface area (Å²) >= 11 is 0. The lowest BCUT2D eigenvalue weighted by molar-refractivity contribution is 0.436. The molecule has 0 amide bonds. The molecule has 0 saturated heterocycles. The van der Waals surface area contributed by atoms with Gasteiger partial charge in [0.15, 0.2) is 23.3 Å². The molecule has 1 spiro atoms. The van der Waals surface area contributed by atoms with Gasteiger partial charge < -0.3 is 4.74 Å². The van der Waals surface area contributed by atoms with Gasteiger partial charge in [0.2, 0.25) is 0 Å². The van der Waals surface area contributed by atoms with Gasteiger partial charge in [-0.05, 0) is 46.5 Å². The fourth-order valence-electron chi connectivity index (χ4n) is 9.30. The van der Waals surface area contributed by atoms with Crippen LogP contribution in [0.2, 0.25) is 0 Å². The van der Waals surface area contributed by atoms with E-state index in [2.05, 4.69) is 127 Å². The summed E-state index contributed by atoms with van der Waals surface area (Å²) in [4.78, 5) is 26.1. The molecule has 62 heavy (non-hydrogen) atoms. The number of benzene rings is 8. The summed E-state index contributed by atoms with van der Waals surface area (Å²) in [6, 6.07) is 73.0. The fraction of sp³-hybridized carbons (Fsp3) is 0.0179. The van der Waals surface area contributed by atoms with Crippen molar-refractivity contribution in [2.24, 2.45) is 0 Å². The Morgan fingerprint density at radius 2 is 0.742 bits per heavy atom. The summed E-state index contributed by atoms with van der Waals surface area (Å²) < 4.78 is 6.77. The number of rotatable bonds is 6. The van der Waals surface area contributed by atoms with Crippen LogP contribution in [-0.2, 0) is 5.41 Å². The lowest BCUT2D eigenvalue weighted by atomic mass is 9.65. The van der Waals surface area contributed by atoms with Crippen LogP contribution in [-0.4, -0.2) is 24.9 Å². The van der Waals surface area contributed by atoms with Crippen molar-refractivity contribution in [1.82, 2.24) is 24.9 Å². The monoisotopic (exact) mass is 793 g/mol. The van der Waals surface area contributed by atoms with Crippen LogP contribution in [0.25, 0.3) is 79.2 Å². The molecular weight excluding hydrogens is 759 g/mol. The molecule has 12 rings (SSSR count). The predicted molar refractivity (Wildman–Crippen MR) is 245 cm³/mol. The molecule has 0 N–H and O–H groups in total. The summed E-state index contributed by atoms with van der Waals surface area (Å²) in [7, 11) is 0. The molecule has 6 nitrogen and oxygen atoms in total. The molecule has 3 heterocycles. The van der Waals surface area contributed by atoms with E-state index in [1.807, 2.05) is 84.9 Å². The molecule has 6 heteroatoms. The van der Waals surface area contributed by atoms with E-state index >= 15 is 0 Å². The zero-order valence-electron chi connectivity index (χ0n) is 33.4. The van der Waals surface area contributed by atoms with Crippen LogP contribution in [0.3, 0.4) is 0 Å². The van der Waals surface area contributed by atoms with Gasteiger partial charge in [-0.15, -0.1) is 0 Å². The maximum absolute atomic E-state index is 6.77. The Morgan fingerprint density at radius 1 is 0.290 bits per heavy atom. The van der Waals surface area contributed by atoms with Crippen LogP contribution < -0.4 is 4.74 Å². The Bertz CT molecular complexity index is 3160. The lowest BCUT2D eigenvalue weighted by Crippen LogP contribution is -2.32. The van der Waals surface area contributed by atoms with Crippen molar-refractivity contribution in [3.05, 3.63) is 235 Å². The molecule has 1 aliphatic carbocycles. The van der Waals surface area contributed by atoms with Gasteiger partial charge in [0.1, 0.15) is 11.5 Å². The summed E-state index contributed by atoms with van der Waals surface area (Å²) in [6.07, 6.45) is 0. The van der Waals surface area contributed by atoms with Crippen molar-refractivity contribution in [2.45, 2.75) is 5.41 Å². The summed E-state index contributed by atoms with van der Waals surface area (Å²) in [5.41, 5.74) is 13.1. The minimum atomic E-state index is -0.834. The fourth-order valence-corrected chi connectivity index (χ4v) is 9.30. The Labute approximate surface area is 359 Å². The van der Waals surface area contributed by atoms with Gasteiger partial charge in [0.25, 0.3) is 0 Å². The second-order valence-corrected chi connectivity index (χ2v) is 15.6. The SMILES string of the molecule is c1ccc(-c2cc(-c3ccccc3)nc(-c3cccc4c3C3(c5ccccc5Oc5ccccc53)c3cc(-c5nc(-c6ccccc6)nc(-c6ccccc6)n5)ccc3-4)n2)cc1. The maximum atomic E-state index is 6.77. The molecule has 10 aromatic rings. The zero-order chi connectivity index (χ0) is 41.0. The van der Waals surface area contributed by atoms with Gasteiger partial charge in [-0.3, -0.25) is 0 Å². The maximum Gasteiger partial charge on any atom is 0.164 e. The van der Waals surface area contributed by atoms with Crippen LogP contribution in [0.1, 0.15) is 22.3 Å². The largest absolute Gasteiger partial charge is 0.457 e. The van der Waals surface area contributed by atoms with Crippen LogP contribution in [0.5, 0.6) is 11.5 Å². The Balaban J connectivity index is 1.15. The molecule has 0 bridgehead atoms. The van der Waals surface area contributed by atoms with Gasteiger partial charge >= 0.3 is 0 Å². The molecule has 0 fully saturated rings. The van der Waals surface area contributed by atoms with Crippen molar-refractivity contribution in [3.8, 4) is 90.7 Å². The Hall–Kier alpha value is -8.35. The molecular formula is C56H35N5O. The average molecular weight is 794 g/mol. The second-order valence-electron chi connectivity index (χ2n) is 15.6. The lowest BCUT2D eigenvalue weighted by Gasteiger charge is -2.40. The van der Waals surface area contributed by atoms with Gasteiger partial charge in [0.05, 0.1) is 16.8 Å². The van der Waals surface area contributed by atoms with E-state index in [-0.39, 0.29) is 0 Å². The van der Waals surface area contributed by atoms with Crippen molar-refractivity contribution in [1.29, 1.82) is 0 Å². The first-order valence-electron chi connectivity index (χ1n) is 20.8. The quantitative estimate of drug-likeness (QED) is 0.167. The number of hydrogen-bond donors (Lipinski definition) is 0. The number of aromatic nitrogens is 5. The third-order valence-corrected chi connectivity index (χ3v) is 12.0. The van der Waals surface area contributed by atoms with Gasteiger partial charge in [-0.25, -0.2) is 24.9 Å². The first-order valence-corrected chi connectivity index (χ1v) is 20.8. The molecule has 0 atom stereocenters. The van der Waals surface area contributed by atoms with Crippen LogP contribution >= 0.6 is 0 Å². The third kappa shape index (κ3) is 5.69. The smallest absolute Gasteiger partial charge is 0.164 e. The Morgan fingerprint density at radius 3 is 1.27 bits per heavy atom. The average Bonchev–Trinajstić information content (AvgIpc) is 3.65. The van der Waals surface area contributed by atoms with E-state index in [9.17, 15) is 0 Å². The Kier molecular flexibility index (Phi) is 8.28. The molecule has 0 radical (unpaired) electrons. The van der Waals surface area contributed by atoms with Crippen molar-refractivity contribution in [3.63, 3.8) is 0 Å². The number of fused-ring (bicyclic) bond motifs is 9. The molecule has 0 saturated carbocycles. The standard InChI is InChI=1S/C56H35N5O/c1-5-18-36(19-6-1)47-35-48(37-20-7-2-8-21-37)58-55(57-47)43-27-17-26-42-41-33-32-40(54-60-52(38-22-9-3-10-23-38)59-53(61-54)39-24-11-4-12-25-39)34-46(41)56(51(42)43)44-28-13-15-30-49(44)62-50-31-16-14-29-45(50)56/h1-35H. The van der Waals surface area contributed by atoms with Crippen LogP contribution in [0.4, 0.5) is 0 Å². The number of ether oxygens (including phenoxy) is 1. The zero-order valence-corrected chi connectivity index (χ0v) is 33.4. The number of para-hydroxylation sites is 2. The van der Waals surface area contributed by atoms with E-state index in [1.54, 1.807) is 0 Å².